The quantitative estimate of drug-likeness (QED) is 0.889. The van der Waals surface area contributed by atoms with E-state index in [2.05, 4.69) is 10.3 Å². The summed E-state index contributed by atoms with van der Waals surface area (Å²) in [5.41, 5.74) is -1.34. The molecule has 1 aliphatic rings. The number of halogens is 3. The fourth-order valence-electron chi connectivity index (χ4n) is 2.10. The molecule has 1 aromatic rings. The molecular formula is C13H15F3N2O2S. The van der Waals surface area contributed by atoms with Crippen molar-refractivity contribution in [3.05, 3.63) is 23.4 Å². The number of nitrogens with zero attached hydrogens (tertiary/aromatic N) is 1. The predicted octanol–water partition coefficient (Wildman–Crippen LogP) is 3.50. The molecule has 0 bridgehead atoms. The molecule has 0 radical (unpaired) electrons. The number of thioether (sulfide) groups is 1. The van der Waals surface area contributed by atoms with Crippen LogP contribution < -0.4 is 5.32 Å². The number of pyridine rings is 1. The van der Waals surface area contributed by atoms with Gasteiger partial charge in [0.25, 0.3) is 0 Å². The highest BCUT2D eigenvalue weighted by atomic mass is 32.2. The van der Waals surface area contributed by atoms with E-state index in [4.69, 9.17) is 5.11 Å². The van der Waals surface area contributed by atoms with Gasteiger partial charge in [-0.1, -0.05) is 6.42 Å². The smallest absolute Gasteiger partial charge is 0.433 e. The van der Waals surface area contributed by atoms with Gasteiger partial charge in [-0.25, -0.2) is 9.78 Å². The minimum absolute atomic E-state index is 0.219. The van der Waals surface area contributed by atoms with Crippen molar-refractivity contribution in [2.45, 2.75) is 30.7 Å². The normalized spacial score (nSPS) is 19.3. The minimum atomic E-state index is -4.59. The Morgan fingerprint density at radius 3 is 2.76 bits per heavy atom. The first kappa shape index (κ1) is 15.9. The standard InChI is InChI=1S/C13H15F3N2O2S/c14-13(15,16)10-5-4-9(12(19)20)11(18-10)17-7-8-3-1-2-6-21-8/h4-5,8H,1-3,6-7H2,(H,17,18)(H,19,20). The van der Waals surface area contributed by atoms with Gasteiger partial charge < -0.3 is 10.4 Å². The van der Waals surface area contributed by atoms with E-state index in [-0.39, 0.29) is 16.6 Å². The van der Waals surface area contributed by atoms with Gasteiger partial charge in [0, 0.05) is 11.8 Å². The van der Waals surface area contributed by atoms with E-state index in [1.807, 2.05) is 0 Å². The van der Waals surface area contributed by atoms with E-state index in [1.54, 1.807) is 11.8 Å². The van der Waals surface area contributed by atoms with Crippen molar-refractivity contribution in [2.24, 2.45) is 0 Å². The Labute approximate surface area is 124 Å². The molecule has 1 fully saturated rings. The Kier molecular flexibility index (Phi) is 4.97. The molecule has 1 atom stereocenters. The van der Waals surface area contributed by atoms with E-state index in [1.165, 1.54) is 0 Å². The number of aromatic nitrogens is 1. The van der Waals surface area contributed by atoms with Gasteiger partial charge in [-0.2, -0.15) is 24.9 Å². The Morgan fingerprint density at radius 2 is 2.19 bits per heavy atom. The number of hydrogen-bond donors (Lipinski definition) is 2. The molecular weight excluding hydrogens is 305 g/mol. The SMILES string of the molecule is O=C(O)c1ccc(C(F)(F)F)nc1NCC1CCCCS1. The molecule has 4 nitrogen and oxygen atoms in total. The molecule has 1 aromatic heterocycles. The second kappa shape index (κ2) is 6.55. The summed E-state index contributed by atoms with van der Waals surface area (Å²) in [6.07, 6.45) is -1.39. The monoisotopic (exact) mass is 320 g/mol. The van der Waals surface area contributed by atoms with Crippen molar-refractivity contribution in [1.29, 1.82) is 0 Å². The zero-order valence-electron chi connectivity index (χ0n) is 11.1. The molecule has 1 unspecified atom stereocenters. The molecule has 1 aliphatic heterocycles. The van der Waals surface area contributed by atoms with Crippen LogP contribution in [0.1, 0.15) is 35.3 Å². The Balaban J connectivity index is 2.16. The van der Waals surface area contributed by atoms with Crippen LogP contribution in [0, 0.1) is 0 Å². The Bertz CT molecular complexity index is 517. The van der Waals surface area contributed by atoms with Crippen molar-refractivity contribution in [3.8, 4) is 0 Å². The summed E-state index contributed by atoms with van der Waals surface area (Å²) in [6, 6.07) is 1.62. The first-order valence-electron chi connectivity index (χ1n) is 6.55. The number of hydrogen-bond acceptors (Lipinski definition) is 4. The second-order valence-corrected chi connectivity index (χ2v) is 6.17. The number of carboxylic acids is 1. The molecule has 2 rings (SSSR count). The maximum atomic E-state index is 12.7. The molecule has 8 heteroatoms. The van der Waals surface area contributed by atoms with Gasteiger partial charge in [-0.3, -0.25) is 0 Å². The summed E-state index contributed by atoms with van der Waals surface area (Å²) in [6.45, 7) is 0.416. The van der Waals surface area contributed by atoms with Crippen LogP contribution in [0.15, 0.2) is 12.1 Å². The summed E-state index contributed by atoms with van der Waals surface area (Å²) in [7, 11) is 0. The fourth-order valence-corrected chi connectivity index (χ4v) is 3.34. The van der Waals surface area contributed by atoms with Gasteiger partial charge in [-0.15, -0.1) is 0 Å². The summed E-state index contributed by atoms with van der Waals surface area (Å²) >= 11 is 1.75. The van der Waals surface area contributed by atoms with Crippen LogP contribution in [-0.2, 0) is 6.18 Å². The van der Waals surface area contributed by atoms with Gasteiger partial charge in [0.1, 0.15) is 17.1 Å². The average molecular weight is 320 g/mol. The summed E-state index contributed by atoms with van der Waals surface area (Å²) < 4.78 is 38.0. The van der Waals surface area contributed by atoms with Crippen LogP contribution in [0.3, 0.4) is 0 Å². The number of carboxylic acid groups (broad SMARTS) is 1. The van der Waals surface area contributed by atoms with E-state index < -0.39 is 17.8 Å². The van der Waals surface area contributed by atoms with Gasteiger partial charge in [0.05, 0.1) is 0 Å². The molecule has 1 saturated heterocycles. The number of nitrogens with one attached hydrogen (secondary N) is 1. The van der Waals surface area contributed by atoms with Gasteiger partial charge in [-0.05, 0) is 30.7 Å². The van der Waals surface area contributed by atoms with Gasteiger partial charge >= 0.3 is 12.1 Å². The maximum absolute atomic E-state index is 12.7. The zero-order valence-corrected chi connectivity index (χ0v) is 11.9. The third kappa shape index (κ3) is 4.26. The van der Waals surface area contributed by atoms with Crippen molar-refractivity contribution in [3.63, 3.8) is 0 Å². The van der Waals surface area contributed by atoms with E-state index >= 15 is 0 Å². The summed E-state index contributed by atoms with van der Waals surface area (Å²) in [4.78, 5) is 14.5. The van der Waals surface area contributed by atoms with Crippen LogP contribution in [-0.4, -0.2) is 33.6 Å². The highest BCUT2D eigenvalue weighted by Crippen LogP contribution is 2.30. The first-order chi connectivity index (χ1) is 9.88. The highest BCUT2D eigenvalue weighted by Gasteiger charge is 2.33. The molecule has 0 amide bonds. The number of aromatic carboxylic acids is 1. The molecule has 0 aromatic carbocycles. The summed E-state index contributed by atoms with van der Waals surface area (Å²) in [5, 5.41) is 12.1. The number of rotatable bonds is 4. The third-order valence-electron chi connectivity index (χ3n) is 3.19. The molecule has 0 spiro atoms. The first-order valence-corrected chi connectivity index (χ1v) is 7.60. The lowest BCUT2D eigenvalue weighted by molar-refractivity contribution is -0.141. The van der Waals surface area contributed by atoms with E-state index in [9.17, 15) is 18.0 Å². The molecule has 0 saturated carbocycles. The van der Waals surface area contributed by atoms with Crippen molar-refractivity contribution < 1.29 is 23.1 Å². The van der Waals surface area contributed by atoms with E-state index in [0.29, 0.717) is 12.6 Å². The van der Waals surface area contributed by atoms with Gasteiger partial charge in [0.2, 0.25) is 0 Å². The van der Waals surface area contributed by atoms with Gasteiger partial charge in [0.15, 0.2) is 0 Å². The zero-order chi connectivity index (χ0) is 15.5. The second-order valence-electron chi connectivity index (χ2n) is 4.77. The number of carbonyl (C=O) groups is 1. The van der Waals surface area contributed by atoms with Crippen molar-refractivity contribution in [2.75, 3.05) is 17.6 Å². The molecule has 116 valence electrons. The number of anilines is 1. The lowest BCUT2D eigenvalue weighted by Crippen LogP contribution is -2.22. The lowest BCUT2D eigenvalue weighted by atomic mass is 10.2. The molecule has 2 N–H and O–H groups in total. The average Bonchev–Trinajstić information content (AvgIpc) is 2.45. The summed E-state index contributed by atoms with van der Waals surface area (Å²) in [5.74, 6) is -0.493. The molecule has 2 heterocycles. The Hall–Kier alpha value is -1.44. The van der Waals surface area contributed by atoms with Crippen LogP contribution in [0.2, 0.25) is 0 Å². The van der Waals surface area contributed by atoms with Crippen LogP contribution in [0.5, 0.6) is 0 Å². The van der Waals surface area contributed by atoms with Crippen molar-refractivity contribution in [1.82, 2.24) is 4.98 Å². The Morgan fingerprint density at radius 1 is 1.43 bits per heavy atom. The maximum Gasteiger partial charge on any atom is 0.433 e. The highest BCUT2D eigenvalue weighted by molar-refractivity contribution is 7.99. The van der Waals surface area contributed by atoms with Crippen LogP contribution in [0.4, 0.5) is 19.0 Å². The van der Waals surface area contributed by atoms with E-state index in [0.717, 1.165) is 31.1 Å². The third-order valence-corrected chi connectivity index (χ3v) is 4.59. The minimum Gasteiger partial charge on any atom is -0.478 e. The molecule has 0 aliphatic carbocycles. The predicted molar refractivity (Wildman–Crippen MR) is 74.8 cm³/mol. The van der Waals surface area contributed by atoms with Crippen LogP contribution >= 0.6 is 11.8 Å². The fraction of sp³-hybridized carbons (Fsp3) is 0.538. The largest absolute Gasteiger partial charge is 0.478 e. The molecule has 21 heavy (non-hydrogen) atoms. The topological polar surface area (TPSA) is 62.2 Å². The lowest BCUT2D eigenvalue weighted by Gasteiger charge is -2.22. The number of alkyl halides is 3. The van der Waals surface area contributed by atoms with Crippen molar-refractivity contribution >= 4 is 23.5 Å². The van der Waals surface area contributed by atoms with Crippen LogP contribution in [0.25, 0.3) is 0 Å².